The first-order valence-corrected chi connectivity index (χ1v) is 26.1. The van der Waals surface area contributed by atoms with E-state index in [2.05, 4.69) is 35.1 Å². The van der Waals surface area contributed by atoms with Crippen molar-refractivity contribution in [2.75, 3.05) is 39.7 Å². The average molecular weight is 1070 g/mol. The van der Waals surface area contributed by atoms with E-state index < -0.39 is 91.1 Å². The summed E-state index contributed by atoms with van der Waals surface area (Å²) in [5.74, 6) is -4.66. The minimum absolute atomic E-state index is 0.0539. The van der Waals surface area contributed by atoms with E-state index in [4.69, 9.17) is 39.9 Å². The number of urea groups is 3. The lowest BCUT2D eigenvalue weighted by molar-refractivity contribution is -0.199. The number of benzene rings is 3. The van der Waals surface area contributed by atoms with Gasteiger partial charge < -0.3 is 64.2 Å². The number of amides is 7. The third kappa shape index (κ3) is 10.5. The fraction of sp³-hybridized carbons (Fsp3) is 0.531. The van der Waals surface area contributed by atoms with E-state index in [1.807, 2.05) is 6.92 Å². The summed E-state index contributed by atoms with van der Waals surface area (Å²) < 4.78 is 77.2. The number of imide groups is 1. The third-order valence-electron chi connectivity index (χ3n) is 15.1. The van der Waals surface area contributed by atoms with Gasteiger partial charge in [-0.1, -0.05) is 43.6 Å². The van der Waals surface area contributed by atoms with Gasteiger partial charge in [-0.2, -0.15) is 0 Å². The summed E-state index contributed by atoms with van der Waals surface area (Å²) in [6.07, 6.45) is 1.71. The number of rotatable bonds is 15. The minimum atomic E-state index is -4.74. The Morgan fingerprint density at radius 3 is 2.19 bits per heavy atom. The highest BCUT2D eigenvalue weighted by molar-refractivity contribution is 7.60. The molecule has 6 aliphatic rings. The van der Waals surface area contributed by atoms with Gasteiger partial charge in [0, 0.05) is 31.2 Å². The Labute approximate surface area is 432 Å². The molecular weight excluding hydrogens is 1010 g/mol. The number of esters is 1. The van der Waals surface area contributed by atoms with E-state index in [9.17, 15) is 42.7 Å². The Morgan fingerprint density at radius 2 is 1.58 bits per heavy atom. The first-order chi connectivity index (χ1) is 34.7. The van der Waals surface area contributed by atoms with Crippen LogP contribution in [0.15, 0.2) is 42.5 Å². The molecule has 400 valence electrons. The van der Waals surface area contributed by atoms with Crippen LogP contribution in [0.1, 0.15) is 94.8 Å². The lowest BCUT2D eigenvalue weighted by atomic mass is 9.43. The molecule has 2 bridgehead atoms. The molecule has 2 aliphatic heterocycles. The summed E-state index contributed by atoms with van der Waals surface area (Å²) in [5.41, 5.74) is -1.98. The standard InChI is InChI=1S/C49H61BClF2N6O14P/c1-47(2,3)71-43(61)36-30(52)15-12-25(39(36)68-7)18-35(50-72-34-20-26-19-33(48(26,4)5)49(34,6)73-50)56-42(60)38(24-10-13-29(14-11-24)74(65,66)67)57-45(63)59-17-16-58(46(59)64)28-21-27(22-28)54-44(62)55-32-23-31(53)40(69-8)41(70-9)37(32)51/h10-15,23,26-28,33-35,38H,16-22H2,1-9H3,(H,56,60)(H,57,63)(H2,54,55,62)(H2,65,66,67)/t26-,27?,28?,33-,34+,35-,38+,49-/m0/s1. The van der Waals surface area contributed by atoms with Crippen molar-refractivity contribution in [3.05, 3.63) is 75.8 Å². The Morgan fingerprint density at radius 1 is 0.919 bits per heavy atom. The van der Waals surface area contributed by atoms with Gasteiger partial charge in [-0.3, -0.25) is 9.36 Å². The summed E-state index contributed by atoms with van der Waals surface area (Å²) >= 11 is 6.34. The zero-order valence-electron chi connectivity index (χ0n) is 42.4. The number of methoxy groups -OCH3 is 3. The van der Waals surface area contributed by atoms with Gasteiger partial charge in [0.25, 0.3) is 0 Å². The molecule has 3 aromatic carbocycles. The fourth-order valence-corrected chi connectivity index (χ4v) is 11.9. The van der Waals surface area contributed by atoms with Gasteiger partial charge in [-0.15, -0.1) is 0 Å². The third-order valence-corrected chi connectivity index (χ3v) is 16.5. The normalized spacial score (nSPS) is 24.6. The number of halogens is 3. The molecule has 4 aliphatic carbocycles. The van der Waals surface area contributed by atoms with Crippen molar-refractivity contribution in [1.29, 1.82) is 0 Å². The van der Waals surface area contributed by atoms with E-state index in [0.717, 1.165) is 35.6 Å². The summed E-state index contributed by atoms with van der Waals surface area (Å²) in [7, 11) is -2.09. The number of carbonyl (C=O) groups is 5. The topological polar surface area (TPSA) is 253 Å². The van der Waals surface area contributed by atoms with Gasteiger partial charge in [0.05, 0.1) is 50.0 Å². The van der Waals surface area contributed by atoms with E-state index in [-0.39, 0.29) is 87.4 Å². The molecule has 2 saturated heterocycles. The van der Waals surface area contributed by atoms with Crippen LogP contribution < -0.4 is 40.8 Å². The van der Waals surface area contributed by atoms with Crippen LogP contribution in [0.2, 0.25) is 5.02 Å². The number of nitrogens with zero attached hydrogens (tertiary/aromatic N) is 2. The van der Waals surface area contributed by atoms with Crippen LogP contribution in [-0.4, -0.2) is 126 Å². The molecule has 20 nitrogen and oxygen atoms in total. The van der Waals surface area contributed by atoms with Gasteiger partial charge in [0.15, 0.2) is 17.3 Å². The SMILES string of the molecule is COc1c(F)cc(NC(=O)NC2CC(N3CCN(C(=O)N[C@@H](C(=O)N[C@@H](Cc4ccc(F)c(C(=O)OC(C)(C)C)c4OC)B4O[C@@H]5C[C@@H]6C[C@@H](C6(C)C)[C@]5(C)O4)c4ccc(P(=O)(O)O)cc4)C3=O)C2)c(Cl)c1OC. The highest BCUT2D eigenvalue weighted by Gasteiger charge is 2.68. The molecule has 7 amide bonds. The van der Waals surface area contributed by atoms with Crippen molar-refractivity contribution >= 4 is 67.3 Å². The maximum atomic E-state index is 15.6. The molecule has 74 heavy (non-hydrogen) atoms. The van der Waals surface area contributed by atoms with Crippen LogP contribution in [0, 0.1) is 28.9 Å². The van der Waals surface area contributed by atoms with Crippen molar-refractivity contribution in [3.63, 3.8) is 0 Å². The molecule has 0 aromatic heterocycles. The number of carbonyl (C=O) groups excluding carboxylic acids is 5. The van der Waals surface area contributed by atoms with E-state index >= 15 is 4.39 Å². The number of anilines is 1. The molecular formula is C49H61BClF2N6O14P. The van der Waals surface area contributed by atoms with E-state index in [0.29, 0.717) is 25.2 Å². The molecule has 6 N–H and O–H groups in total. The highest BCUT2D eigenvalue weighted by atomic mass is 35.5. The van der Waals surface area contributed by atoms with Gasteiger partial charge in [0.1, 0.15) is 33.8 Å². The fourth-order valence-electron chi connectivity index (χ4n) is 11.1. The van der Waals surface area contributed by atoms with Gasteiger partial charge in [-0.25, -0.2) is 32.9 Å². The number of hydrogen-bond donors (Lipinski definition) is 6. The smallest absolute Gasteiger partial charge is 0.482 e. The van der Waals surface area contributed by atoms with Crippen molar-refractivity contribution < 1.29 is 75.4 Å². The van der Waals surface area contributed by atoms with Crippen molar-refractivity contribution in [3.8, 4) is 17.2 Å². The summed E-state index contributed by atoms with van der Waals surface area (Å²) in [6, 6.07) is 3.53. The van der Waals surface area contributed by atoms with Crippen LogP contribution in [0.25, 0.3) is 0 Å². The first kappa shape index (κ1) is 54.6. The van der Waals surface area contributed by atoms with Crippen LogP contribution in [0.3, 0.4) is 0 Å². The molecule has 25 heteroatoms. The van der Waals surface area contributed by atoms with Gasteiger partial charge >= 0.3 is 38.8 Å². The molecule has 3 aromatic rings. The molecule has 0 unspecified atom stereocenters. The lowest BCUT2D eigenvalue weighted by Gasteiger charge is -2.64. The van der Waals surface area contributed by atoms with E-state index in [1.165, 1.54) is 44.4 Å². The maximum Gasteiger partial charge on any atom is 0.482 e. The zero-order valence-corrected chi connectivity index (χ0v) is 44.0. The molecule has 6 fully saturated rings. The Hall–Kier alpha value is -5.71. The van der Waals surface area contributed by atoms with Crippen LogP contribution >= 0.6 is 19.2 Å². The predicted molar refractivity (Wildman–Crippen MR) is 266 cm³/mol. The molecule has 2 heterocycles. The molecule has 4 saturated carbocycles. The Bertz CT molecular complexity index is 2780. The Kier molecular flexibility index (Phi) is 15.1. The average Bonchev–Trinajstić information content (AvgIpc) is 3.88. The summed E-state index contributed by atoms with van der Waals surface area (Å²) in [4.78, 5) is 91.7. The number of nitrogens with one attached hydrogen (secondary N) is 4. The second kappa shape index (κ2) is 20.4. The van der Waals surface area contributed by atoms with Crippen molar-refractivity contribution in [1.82, 2.24) is 25.8 Å². The molecule has 6 atom stereocenters. The predicted octanol–water partition coefficient (Wildman–Crippen LogP) is 6.24. The van der Waals surface area contributed by atoms with Crippen molar-refractivity contribution in [2.45, 2.75) is 115 Å². The van der Waals surface area contributed by atoms with Gasteiger partial charge in [-0.05, 0) is 106 Å². The molecule has 0 spiro atoms. The first-order valence-electron chi connectivity index (χ1n) is 24.1. The highest BCUT2D eigenvalue weighted by Crippen LogP contribution is 2.66. The van der Waals surface area contributed by atoms with Crippen molar-refractivity contribution in [2.24, 2.45) is 17.3 Å². The minimum Gasteiger partial charge on any atom is -0.495 e. The zero-order chi connectivity index (χ0) is 54.0. The monoisotopic (exact) mass is 1070 g/mol. The summed E-state index contributed by atoms with van der Waals surface area (Å²) in [5, 5.41) is 10.4. The second-order valence-electron chi connectivity index (χ2n) is 21.1. The molecule has 0 radical (unpaired) electrons. The largest absolute Gasteiger partial charge is 0.495 e. The van der Waals surface area contributed by atoms with E-state index in [1.54, 1.807) is 20.8 Å². The van der Waals surface area contributed by atoms with Crippen LogP contribution in [-0.2, 0) is 29.8 Å². The quantitative estimate of drug-likeness (QED) is 0.0560. The van der Waals surface area contributed by atoms with Crippen LogP contribution in [0.5, 0.6) is 17.2 Å². The number of ether oxygens (including phenoxy) is 4. The second-order valence-corrected chi connectivity index (χ2v) is 23.1. The lowest BCUT2D eigenvalue weighted by Crippen LogP contribution is -2.65. The maximum absolute atomic E-state index is 15.6. The summed E-state index contributed by atoms with van der Waals surface area (Å²) in [6.45, 7) is 11.3. The van der Waals surface area contributed by atoms with Crippen LogP contribution in [0.4, 0.5) is 28.9 Å². The Balaban J connectivity index is 1.01. The van der Waals surface area contributed by atoms with Gasteiger partial charge in [0.2, 0.25) is 5.91 Å². The molecule has 9 rings (SSSR count). The number of hydrogen-bond acceptors (Lipinski definition) is 12.